The van der Waals surface area contributed by atoms with Crippen LogP contribution in [-0.2, 0) is 9.59 Å². The van der Waals surface area contributed by atoms with Crippen LogP contribution in [0.3, 0.4) is 0 Å². The van der Waals surface area contributed by atoms with Crippen molar-refractivity contribution in [3.8, 4) is 0 Å². The van der Waals surface area contributed by atoms with Gasteiger partial charge in [-0.1, -0.05) is 37.3 Å². The van der Waals surface area contributed by atoms with Gasteiger partial charge in [0, 0.05) is 18.8 Å². The average Bonchev–Trinajstić information content (AvgIpc) is 2.91. The first-order chi connectivity index (χ1) is 12.7. The summed E-state index contributed by atoms with van der Waals surface area (Å²) in [6, 6.07) is -0.662. The van der Waals surface area contributed by atoms with Crippen molar-refractivity contribution in [3.63, 3.8) is 0 Å². The largest absolute Gasteiger partial charge is 0.331 e. The first kappa shape index (κ1) is 18.8. The Kier molecular flexibility index (Phi) is 6.58. The Morgan fingerprint density at radius 3 is 2.54 bits per heavy atom. The van der Waals surface area contributed by atoms with E-state index in [9.17, 15) is 14.4 Å². The molecular weight excluding hydrogens is 330 g/mol. The van der Waals surface area contributed by atoms with E-state index in [2.05, 4.69) is 16.4 Å². The van der Waals surface area contributed by atoms with Crippen LogP contribution in [0.4, 0.5) is 4.79 Å². The predicted molar refractivity (Wildman–Crippen MR) is 99.9 cm³/mol. The van der Waals surface area contributed by atoms with Crippen LogP contribution in [0.1, 0.15) is 70.6 Å². The van der Waals surface area contributed by atoms with Crippen LogP contribution in [0.2, 0.25) is 0 Å². The minimum absolute atomic E-state index is 0.0959. The maximum absolute atomic E-state index is 12.8. The molecule has 2 fully saturated rings. The number of hydrogen-bond acceptors (Lipinski definition) is 4. The molecule has 1 saturated carbocycles. The average molecular weight is 359 g/mol. The van der Waals surface area contributed by atoms with Crippen LogP contribution < -0.4 is 5.32 Å². The number of carbonyl (C=O) groups is 3. The molecule has 2 aliphatic carbocycles. The van der Waals surface area contributed by atoms with Crippen LogP contribution in [-0.4, -0.2) is 41.5 Å². The number of urea groups is 1. The molecule has 1 heterocycles. The van der Waals surface area contributed by atoms with Gasteiger partial charge in [-0.05, 0) is 44.9 Å². The third-order valence-electron chi connectivity index (χ3n) is 5.63. The SMILES string of the molecule is O=C1NC(=O)N(C2CCCCCC2)C(=O)[C@H]1C=NCCC1=CCCCC1. The Morgan fingerprint density at radius 2 is 1.85 bits per heavy atom. The number of nitrogens with one attached hydrogen (secondary N) is 1. The van der Waals surface area contributed by atoms with Crippen molar-refractivity contribution in [1.29, 1.82) is 0 Å². The van der Waals surface area contributed by atoms with E-state index in [1.54, 1.807) is 0 Å². The molecule has 0 bridgehead atoms. The maximum atomic E-state index is 12.8. The van der Waals surface area contributed by atoms with E-state index in [1.165, 1.54) is 29.5 Å². The monoisotopic (exact) mass is 359 g/mol. The van der Waals surface area contributed by atoms with Gasteiger partial charge in [-0.2, -0.15) is 0 Å². The maximum Gasteiger partial charge on any atom is 0.331 e. The third-order valence-corrected chi connectivity index (χ3v) is 5.63. The molecule has 0 spiro atoms. The van der Waals surface area contributed by atoms with Crippen molar-refractivity contribution in [2.45, 2.75) is 76.7 Å². The number of carbonyl (C=O) groups excluding carboxylic acids is 3. The molecule has 3 rings (SSSR count). The van der Waals surface area contributed by atoms with Gasteiger partial charge in [-0.25, -0.2) is 4.79 Å². The lowest BCUT2D eigenvalue weighted by Crippen LogP contribution is -2.61. The highest BCUT2D eigenvalue weighted by Crippen LogP contribution is 2.25. The Morgan fingerprint density at radius 1 is 1.08 bits per heavy atom. The summed E-state index contributed by atoms with van der Waals surface area (Å²) in [7, 11) is 0. The highest BCUT2D eigenvalue weighted by molar-refractivity contribution is 6.23. The molecule has 1 saturated heterocycles. The molecule has 0 aromatic heterocycles. The van der Waals surface area contributed by atoms with Gasteiger partial charge in [0.15, 0.2) is 5.92 Å². The fourth-order valence-corrected chi connectivity index (χ4v) is 4.12. The molecule has 0 unspecified atom stereocenters. The summed E-state index contributed by atoms with van der Waals surface area (Å²) in [5, 5.41) is 2.34. The Balaban J connectivity index is 1.61. The molecule has 6 nitrogen and oxygen atoms in total. The van der Waals surface area contributed by atoms with E-state index in [-0.39, 0.29) is 6.04 Å². The number of nitrogens with zero attached hydrogens (tertiary/aromatic N) is 2. The van der Waals surface area contributed by atoms with Crippen molar-refractivity contribution in [2.75, 3.05) is 6.54 Å². The fraction of sp³-hybridized carbons (Fsp3) is 0.700. The molecule has 1 aliphatic heterocycles. The van der Waals surface area contributed by atoms with Gasteiger partial charge in [-0.15, -0.1) is 0 Å². The van der Waals surface area contributed by atoms with E-state index in [1.807, 2.05) is 0 Å². The Bertz CT molecular complexity index is 603. The Hall–Kier alpha value is -1.98. The van der Waals surface area contributed by atoms with Gasteiger partial charge in [0.1, 0.15) is 0 Å². The smallest absolute Gasteiger partial charge is 0.296 e. The third kappa shape index (κ3) is 4.59. The number of imide groups is 2. The topological polar surface area (TPSA) is 78.8 Å². The first-order valence-corrected chi connectivity index (χ1v) is 10.0. The van der Waals surface area contributed by atoms with Gasteiger partial charge in [-0.3, -0.25) is 24.8 Å². The quantitative estimate of drug-likeness (QED) is 0.354. The molecule has 0 radical (unpaired) electrons. The van der Waals surface area contributed by atoms with E-state index >= 15 is 0 Å². The van der Waals surface area contributed by atoms with Crippen LogP contribution in [0, 0.1) is 5.92 Å². The van der Waals surface area contributed by atoms with Gasteiger partial charge in [0.2, 0.25) is 11.8 Å². The van der Waals surface area contributed by atoms with Gasteiger partial charge < -0.3 is 0 Å². The van der Waals surface area contributed by atoms with Crippen molar-refractivity contribution in [3.05, 3.63) is 11.6 Å². The van der Waals surface area contributed by atoms with Crippen LogP contribution in [0.5, 0.6) is 0 Å². The van der Waals surface area contributed by atoms with E-state index in [0.29, 0.717) is 6.54 Å². The summed E-state index contributed by atoms with van der Waals surface area (Å²) in [5.41, 5.74) is 1.42. The molecule has 1 N–H and O–H groups in total. The molecule has 6 heteroatoms. The lowest BCUT2D eigenvalue weighted by atomic mass is 9.97. The van der Waals surface area contributed by atoms with Crippen molar-refractivity contribution in [1.82, 2.24) is 10.2 Å². The zero-order valence-corrected chi connectivity index (χ0v) is 15.4. The minimum Gasteiger partial charge on any atom is -0.296 e. The molecule has 3 aliphatic rings. The second-order valence-corrected chi connectivity index (χ2v) is 7.54. The zero-order chi connectivity index (χ0) is 18.4. The number of barbiturate groups is 1. The molecule has 26 heavy (non-hydrogen) atoms. The highest BCUT2D eigenvalue weighted by Gasteiger charge is 2.42. The molecule has 0 aromatic rings. The number of hydrogen-bond donors (Lipinski definition) is 1. The van der Waals surface area contributed by atoms with Crippen molar-refractivity contribution < 1.29 is 14.4 Å². The second-order valence-electron chi connectivity index (χ2n) is 7.54. The molecule has 1 atom stereocenters. The zero-order valence-electron chi connectivity index (χ0n) is 15.4. The molecule has 142 valence electrons. The summed E-state index contributed by atoms with van der Waals surface area (Å²) < 4.78 is 0. The summed E-state index contributed by atoms with van der Waals surface area (Å²) in [5.74, 6) is -1.94. The van der Waals surface area contributed by atoms with E-state index in [4.69, 9.17) is 0 Å². The minimum atomic E-state index is -0.976. The van der Waals surface area contributed by atoms with Gasteiger partial charge in [0.25, 0.3) is 0 Å². The van der Waals surface area contributed by atoms with Gasteiger partial charge in [0.05, 0.1) is 0 Å². The van der Waals surface area contributed by atoms with Crippen molar-refractivity contribution in [2.24, 2.45) is 10.9 Å². The summed E-state index contributed by atoms with van der Waals surface area (Å²) in [4.78, 5) is 42.8. The normalized spacial score (nSPS) is 26.0. The summed E-state index contributed by atoms with van der Waals surface area (Å²) in [6.45, 7) is 0.584. The van der Waals surface area contributed by atoms with Crippen LogP contribution in [0.25, 0.3) is 0 Å². The molecule has 4 amide bonds. The Labute approximate surface area is 155 Å². The standard InChI is InChI=1S/C20H29N3O3/c24-18-17(14-21-13-12-15-8-4-3-5-9-15)19(25)23(20(26)22-18)16-10-6-1-2-7-11-16/h8,14,16-17H,1-7,9-13H2,(H,22,24,26)/t17-/m0/s1. The summed E-state index contributed by atoms with van der Waals surface area (Å²) in [6.07, 6.45) is 15.3. The highest BCUT2D eigenvalue weighted by atomic mass is 16.2. The van der Waals surface area contributed by atoms with Crippen molar-refractivity contribution >= 4 is 24.1 Å². The van der Waals surface area contributed by atoms with Crippen LogP contribution in [0.15, 0.2) is 16.6 Å². The molecule has 0 aromatic carbocycles. The lowest BCUT2D eigenvalue weighted by Gasteiger charge is -2.34. The number of aliphatic imine (C=N–C) groups is 1. The molecular formula is C20H29N3O3. The lowest BCUT2D eigenvalue weighted by molar-refractivity contribution is -0.140. The summed E-state index contributed by atoms with van der Waals surface area (Å²) >= 11 is 0. The van der Waals surface area contributed by atoms with E-state index in [0.717, 1.165) is 57.8 Å². The van der Waals surface area contributed by atoms with E-state index < -0.39 is 23.8 Å². The number of amides is 4. The first-order valence-electron chi connectivity index (χ1n) is 10.0. The van der Waals surface area contributed by atoms with Crippen LogP contribution >= 0.6 is 0 Å². The number of rotatable bonds is 5. The fourth-order valence-electron chi connectivity index (χ4n) is 4.12. The predicted octanol–water partition coefficient (Wildman–Crippen LogP) is 3.37. The second kappa shape index (κ2) is 9.10. The number of allylic oxidation sites excluding steroid dienone is 1. The van der Waals surface area contributed by atoms with Gasteiger partial charge >= 0.3 is 6.03 Å².